The Morgan fingerprint density at radius 2 is 1.36 bits per heavy atom. The minimum absolute atomic E-state index is 0.0649. The number of fused-ring (bicyclic) bond motifs is 1. The van der Waals surface area contributed by atoms with Gasteiger partial charge in [-0.1, -0.05) is 58.0 Å². The van der Waals surface area contributed by atoms with E-state index in [9.17, 15) is 14.4 Å². The van der Waals surface area contributed by atoms with Gasteiger partial charge in [0.05, 0.1) is 11.1 Å². The van der Waals surface area contributed by atoms with Gasteiger partial charge < -0.3 is 5.32 Å². The van der Waals surface area contributed by atoms with Crippen LogP contribution in [-0.2, 0) is 4.79 Å². The number of nitrogens with one attached hydrogen (secondary N) is 1. The normalized spacial score (nSPS) is 13.4. The Hall–Kier alpha value is -2.95. The molecule has 0 unspecified atom stereocenters. The molecule has 1 aliphatic rings. The Morgan fingerprint density at radius 1 is 0.857 bits per heavy atom. The van der Waals surface area contributed by atoms with Gasteiger partial charge in [-0.15, -0.1) is 0 Å². The number of carbonyl (C=O) groups is 3. The number of amides is 3. The van der Waals surface area contributed by atoms with Gasteiger partial charge in [0.2, 0.25) is 5.91 Å². The first-order valence-corrected chi connectivity index (χ1v) is 9.69. The molecular formula is C23H26N2O3. The zero-order chi connectivity index (χ0) is 20.4. The van der Waals surface area contributed by atoms with Gasteiger partial charge in [-0.2, -0.15) is 0 Å². The largest absolute Gasteiger partial charge is 0.326 e. The summed E-state index contributed by atoms with van der Waals surface area (Å²) < 4.78 is 0. The van der Waals surface area contributed by atoms with Crippen molar-refractivity contribution >= 4 is 23.4 Å². The fraction of sp³-hybridized carbons (Fsp3) is 0.348. The summed E-state index contributed by atoms with van der Waals surface area (Å²) in [5.74, 6) is -0.334. The Balaban J connectivity index is 1.73. The molecule has 2 aromatic carbocycles. The van der Waals surface area contributed by atoms with Gasteiger partial charge in [-0.25, -0.2) is 0 Å². The van der Waals surface area contributed by atoms with Crippen molar-refractivity contribution in [3.63, 3.8) is 0 Å². The molecule has 5 nitrogen and oxygen atoms in total. The van der Waals surface area contributed by atoms with Gasteiger partial charge in [0.15, 0.2) is 0 Å². The van der Waals surface area contributed by atoms with E-state index in [4.69, 9.17) is 0 Å². The second kappa shape index (κ2) is 7.97. The molecule has 3 amide bonds. The molecule has 1 heterocycles. The minimum atomic E-state index is -0.334. The van der Waals surface area contributed by atoms with E-state index in [2.05, 4.69) is 33.0 Å². The molecule has 0 radical (unpaired) electrons. The quantitative estimate of drug-likeness (QED) is 0.750. The molecule has 28 heavy (non-hydrogen) atoms. The van der Waals surface area contributed by atoms with Crippen LogP contribution < -0.4 is 5.32 Å². The highest BCUT2D eigenvalue weighted by molar-refractivity contribution is 6.21. The van der Waals surface area contributed by atoms with E-state index >= 15 is 0 Å². The molecule has 0 fully saturated rings. The maximum absolute atomic E-state index is 12.6. The van der Waals surface area contributed by atoms with Crippen molar-refractivity contribution in [3.8, 4) is 0 Å². The van der Waals surface area contributed by atoms with Crippen LogP contribution in [0, 0.1) is 0 Å². The summed E-state index contributed by atoms with van der Waals surface area (Å²) in [7, 11) is 0. The summed E-state index contributed by atoms with van der Waals surface area (Å²) in [6.07, 6.45) is 0.0649. The number of nitrogens with zero attached hydrogens (tertiary/aromatic N) is 1. The lowest BCUT2D eigenvalue weighted by Gasteiger charge is -2.20. The molecule has 0 aliphatic carbocycles. The number of benzene rings is 2. The second-order valence-electron chi connectivity index (χ2n) is 7.73. The highest BCUT2D eigenvalue weighted by Gasteiger charge is 2.35. The number of anilines is 1. The van der Waals surface area contributed by atoms with Crippen LogP contribution in [0.25, 0.3) is 0 Å². The Labute approximate surface area is 165 Å². The molecule has 0 aromatic heterocycles. The van der Waals surface area contributed by atoms with Gasteiger partial charge in [0, 0.05) is 18.7 Å². The van der Waals surface area contributed by atoms with E-state index in [1.54, 1.807) is 24.3 Å². The first-order valence-electron chi connectivity index (χ1n) is 9.69. The molecule has 0 saturated carbocycles. The number of hydrogen-bond acceptors (Lipinski definition) is 3. The number of rotatable bonds is 6. The molecule has 0 spiro atoms. The van der Waals surface area contributed by atoms with Crippen LogP contribution >= 0.6 is 0 Å². The molecule has 3 rings (SSSR count). The van der Waals surface area contributed by atoms with Gasteiger partial charge >= 0.3 is 0 Å². The predicted molar refractivity (Wildman–Crippen MR) is 110 cm³/mol. The molecule has 5 heteroatoms. The molecule has 1 N–H and O–H groups in total. The van der Waals surface area contributed by atoms with Gasteiger partial charge in [0.1, 0.15) is 0 Å². The molecule has 0 atom stereocenters. The lowest BCUT2D eigenvalue weighted by atomic mass is 9.92. The Bertz CT molecular complexity index is 870. The first kappa shape index (κ1) is 19.8. The highest BCUT2D eigenvalue weighted by atomic mass is 16.2. The third-order valence-electron chi connectivity index (χ3n) is 5.08. The highest BCUT2D eigenvalue weighted by Crippen LogP contribution is 2.32. The SMILES string of the molecule is CC(C)c1cccc(C(C)C)c1NC(=O)CCN1C(=O)c2ccccc2C1=O. The van der Waals surface area contributed by atoms with Crippen molar-refractivity contribution in [2.45, 2.75) is 46.0 Å². The van der Waals surface area contributed by atoms with Gasteiger partial charge in [0.25, 0.3) is 11.8 Å². The van der Waals surface area contributed by atoms with Crippen LogP contribution in [0.15, 0.2) is 42.5 Å². The number of para-hydroxylation sites is 1. The van der Waals surface area contributed by atoms with Crippen LogP contribution in [0.1, 0.15) is 77.8 Å². The monoisotopic (exact) mass is 378 g/mol. The molecule has 1 aliphatic heterocycles. The van der Waals surface area contributed by atoms with Crippen LogP contribution in [0.4, 0.5) is 5.69 Å². The van der Waals surface area contributed by atoms with E-state index in [1.165, 1.54) is 0 Å². The molecule has 146 valence electrons. The summed E-state index contributed by atoms with van der Waals surface area (Å²) in [5, 5.41) is 3.03. The zero-order valence-corrected chi connectivity index (χ0v) is 16.8. The van der Waals surface area contributed by atoms with Crippen LogP contribution in [-0.4, -0.2) is 29.2 Å². The summed E-state index contributed by atoms with van der Waals surface area (Å²) in [4.78, 5) is 38.7. The Morgan fingerprint density at radius 3 is 1.82 bits per heavy atom. The van der Waals surface area contributed by atoms with Crippen LogP contribution in [0.2, 0.25) is 0 Å². The fourth-order valence-electron chi connectivity index (χ4n) is 3.55. The van der Waals surface area contributed by atoms with Gasteiger partial charge in [-0.05, 0) is 35.1 Å². The van der Waals surface area contributed by atoms with Crippen molar-refractivity contribution in [2.24, 2.45) is 0 Å². The molecule has 0 bridgehead atoms. The minimum Gasteiger partial charge on any atom is -0.326 e. The summed E-state index contributed by atoms with van der Waals surface area (Å²) in [6.45, 7) is 8.43. The summed E-state index contributed by atoms with van der Waals surface area (Å²) in [5.41, 5.74) is 3.82. The van der Waals surface area contributed by atoms with E-state index in [0.29, 0.717) is 11.1 Å². The van der Waals surface area contributed by atoms with E-state index in [-0.39, 0.29) is 42.5 Å². The zero-order valence-electron chi connectivity index (χ0n) is 16.8. The maximum atomic E-state index is 12.6. The molecular weight excluding hydrogens is 352 g/mol. The van der Waals surface area contributed by atoms with E-state index in [0.717, 1.165) is 21.7 Å². The average molecular weight is 378 g/mol. The summed E-state index contributed by atoms with van der Waals surface area (Å²) >= 11 is 0. The van der Waals surface area contributed by atoms with E-state index < -0.39 is 0 Å². The van der Waals surface area contributed by atoms with Crippen molar-refractivity contribution in [3.05, 3.63) is 64.7 Å². The number of imide groups is 1. The fourth-order valence-corrected chi connectivity index (χ4v) is 3.55. The Kier molecular flexibility index (Phi) is 5.63. The van der Waals surface area contributed by atoms with Crippen molar-refractivity contribution in [1.29, 1.82) is 0 Å². The first-order chi connectivity index (χ1) is 13.3. The van der Waals surface area contributed by atoms with Crippen molar-refractivity contribution in [1.82, 2.24) is 4.90 Å². The van der Waals surface area contributed by atoms with Crippen molar-refractivity contribution < 1.29 is 14.4 Å². The van der Waals surface area contributed by atoms with Crippen LogP contribution in [0.5, 0.6) is 0 Å². The smallest absolute Gasteiger partial charge is 0.261 e. The lowest BCUT2D eigenvalue weighted by molar-refractivity contribution is -0.116. The van der Waals surface area contributed by atoms with E-state index in [1.807, 2.05) is 18.2 Å². The van der Waals surface area contributed by atoms with Crippen molar-refractivity contribution in [2.75, 3.05) is 11.9 Å². The predicted octanol–water partition coefficient (Wildman–Crippen LogP) is 4.56. The third kappa shape index (κ3) is 3.70. The number of carbonyl (C=O) groups excluding carboxylic acids is 3. The molecule has 2 aromatic rings. The topological polar surface area (TPSA) is 66.5 Å². The van der Waals surface area contributed by atoms with Crippen LogP contribution in [0.3, 0.4) is 0 Å². The molecule has 0 saturated heterocycles. The number of hydrogen-bond donors (Lipinski definition) is 1. The summed E-state index contributed by atoms with van der Waals surface area (Å²) in [6, 6.07) is 12.8. The lowest BCUT2D eigenvalue weighted by Crippen LogP contribution is -2.33. The average Bonchev–Trinajstić information content (AvgIpc) is 2.90. The standard InChI is InChI=1S/C23H26N2O3/c1-14(2)16-10-7-11-17(15(3)4)21(16)24-20(26)12-13-25-22(27)18-8-5-6-9-19(18)23(25)28/h5-11,14-15H,12-13H2,1-4H3,(H,24,26). The van der Waals surface area contributed by atoms with Gasteiger partial charge in [-0.3, -0.25) is 19.3 Å². The second-order valence-corrected chi connectivity index (χ2v) is 7.73. The maximum Gasteiger partial charge on any atom is 0.261 e. The third-order valence-corrected chi connectivity index (χ3v) is 5.08.